The fourth-order valence-electron chi connectivity index (χ4n) is 1.37. The van der Waals surface area contributed by atoms with Crippen LogP contribution in [0.1, 0.15) is 6.42 Å². The molecule has 2 rings (SSSR count). The molecule has 0 spiro atoms. The third kappa shape index (κ3) is 1.61. The maximum atomic E-state index is 10.5. The van der Waals surface area contributed by atoms with Gasteiger partial charge in [-0.05, 0) is 12.5 Å². The summed E-state index contributed by atoms with van der Waals surface area (Å²) in [5.41, 5.74) is 0.889. The highest BCUT2D eigenvalue weighted by Crippen LogP contribution is 2.30. The molecule has 1 aromatic carbocycles. The van der Waals surface area contributed by atoms with Gasteiger partial charge in [0.05, 0.1) is 23.3 Å². The first-order valence-corrected chi connectivity index (χ1v) is 4.42. The van der Waals surface area contributed by atoms with Gasteiger partial charge in [-0.3, -0.25) is 10.1 Å². The maximum absolute atomic E-state index is 10.5. The molecule has 0 bridgehead atoms. The fraction of sp³-hybridized carbons (Fsp3) is 0.333. The number of rotatable bonds is 1. The molecule has 74 valence electrons. The summed E-state index contributed by atoms with van der Waals surface area (Å²) in [5.74, 6) is 0.566. The van der Waals surface area contributed by atoms with E-state index in [4.69, 9.17) is 4.74 Å². The normalized spacial score (nSPS) is 14.6. The molecule has 1 heterocycles. The molecule has 0 saturated carbocycles. The molecule has 0 aromatic heterocycles. The Labute approximate surface area is 80.8 Å². The van der Waals surface area contributed by atoms with E-state index in [1.165, 1.54) is 12.1 Å². The van der Waals surface area contributed by atoms with Gasteiger partial charge in [-0.2, -0.15) is 0 Å². The second-order valence-corrected chi connectivity index (χ2v) is 3.07. The topological polar surface area (TPSA) is 64.4 Å². The Morgan fingerprint density at radius 1 is 1.50 bits per heavy atom. The highest BCUT2D eigenvalue weighted by molar-refractivity contribution is 5.61. The fourth-order valence-corrected chi connectivity index (χ4v) is 1.37. The number of nitrogens with one attached hydrogen (secondary N) is 1. The Hall–Kier alpha value is -1.78. The van der Waals surface area contributed by atoms with Crippen LogP contribution in [0.25, 0.3) is 0 Å². The molecule has 0 atom stereocenters. The third-order valence-corrected chi connectivity index (χ3v) is 2.07. The molecular weight excluding hydrogens is 184 g/mol. The van der Waals surface area contributed by atoms with Crippen molar-refractivity contribution in [3.05, 3.63) is 28.3 Å². The van der Waals surface area contributed by atoms with Crippen LogP contribution in [-0.4, -0.2) is 18.1 Å². The van der Waals surface area contributed by atoms with E-state index in [0.29, 0.717) is 12.4 Å². The zero-order valence-electron chi connectivity index (χ0n) is 7.53. The summed E-state index contributed by atoms with van der Waals surface area (Å²) in [4.78, 5) is 10.1. The molecule has 0 aliphatic carbocycles. The summed E-state index contributed by atoms with van der Waals surface area (Å²) in [7, 11) is 0. The first kappa shape index (κ1) is 8.80. The summed E-state index contributed by atoms with van der Waals surface area (Å²) < 4.78 is 5.37. The predicted octanol–water partition coefficient (Wildman–Crippen LogP) is 1.79. The Morgan fingerprint density at radius 3 is 3.14 bits per heavy atom. The third-order valence-electron chi connectivity index (χ3n) is 2.07. The van der Waals surface area contributed by atoms with Gasteiger partial charge in [-0.15, -0.1) is 0 Å². The number of nitrogens with zero attached hydrogens (tertiary/aromatic N) is 1. The second kappa shape index (κ2) is 3.53. The quantitative estimate of drug-likeness (QED) is 0.546. The van der Waals surface area contributed by atoms with E-state index in [2.05, 4.69) is 5.32 Å². The van der Waals surface area contributed by atoms with Crippen molar-refractivity contribution in [3.63, 3.8) is 0 Å². The van der Waals surface area contributed by atoms with E-state index in [1.807, 2.05) is 0 Å². The van der Waals surface area contributed by atoms with Crippen molar-refractivity contribution in [3.8, 4) is 5.75 Å². The minimum absolute atomic E-state index is 0.0625. The van der Waals surface area contributed by atoms with Crippen molar-refractivity contribution in [1.82, 2.24) is 0 Å². The van der Waals surface area contributed by atoms with Crippen molar-refractivity contribution in [1.29, 1.82) is 0 Å². The van der Waals surface area contributed by atoms with Crippen molar-refractivity contribution < 1.29 is 9.66 Å². The number of non-ortho nitro benzene ring substituents is 1. The zero-order valence-corrected chi connectivity index (χ0v) is 7.53. The minimum atomic E-state index is -0.422. The predicted molar refractivity (Wildman–Crippen MR) is 51.7 cm³/mol. The number of nitro benzene ring substituents is 1. The lowest BCUT2D eigenvalue weighted by Gasteiger charge is -2.06. The number of ether oxygens (including phenoxy) is 1. The number of fused-ring (bicyclic) bond motifs is 1. The summed E-state index contributed by atoms with van der Waals surface area (Å²) >= 11 is 0. The molecule has 1 aliphatic rings. The van der Waals surface area contributed by atoms with Crippen LogP contribution in [-0.2, 0) is 0 Å². The lowest BCUT2D eigenvalue weighted by Crippen LogP contribution is -1.99. The molecular formula is C9H10N2O3. The molecule has 0 radical (unpaired) electrons. The summed E-state index contributed by atoms with van der Waals surface area (Å²) in [6.07, 6.45) is 0.905. The molecule has 1 aromatic rings. The lowest BCUT2D eigenvalue weighted by molar-refractivity contribution is -0.384. The largest absolute Gasteiger partial charge is 0.491 e. The van der Waals surface area contributed by atoms with Crippen molar-refractivity contribution in [2.75, 3.05) is 18.5 Å². The standard InChI is InChI=1S/C9H10N2O3/c12-11(13)7-2-3-8-9(6-7)14-5-1-4-10-8/h2-3,6,10H,1,4-5H2. The van der Waals surface area contributed by atoms with Crippen LogP contribution in [0.3, 0.4) is 0 Å². The first-order chi connectivity index (χ1) is 6.77. The monoisotopic (exact) mass is 194 g/mol. The highest BCUT2D eigenvalue weighted by Gasteiger charge is 2.13. The van der Waals surface area contributed by atoms with Crippen LogP contribution in [0.2, 0.25) is 0 Å². The van der Waals surface area contributed by atoms with E-state index in [-0.39, 0.29) is 5.69 Å². The van der Waals surface area contributed by atoms with E-state index >= 15 is 0 Å². The lowest BCUT2D eigenvalue weighted by atomic mass is 10.2. The van der Waals surface area contributed by atoms with E-state index in [9.17, 15) is 10.1 Å². The Balaban J connectivity index is 2.37. The van der Waals surface area contributed by atoms with Gasteiger partial charge in [0.15, 0.2) is 0 Å². The smallest absolute Gasteiger partial charge is 0.273 e. The average Bonchev–Trinajstić information content (AvgIpc) is 2.41. The first-order valence-electron chi connectivity index (χ1n) is 4.42. The summed E-state index contributed by atoms with van der Waals surface area (Å²) in [6, 6.07) is 4.60. The van der Waals surface area contributed by atoms with Gasteiger partial charge >= 0.3 is 0 Å². The number of anilines is 1. The molecule has 1 aliphatic heterocycles. The summed E-state index contributed by atoms with van der Waals surface area (Å²) in [5, 5.41) is 13.6. The molecule has 5 nitrogen and oxygen atoms in total. The molecule has 1 N–H and O–H groups in total. The number of benzene rings is 1. The Morgan fingerprint density at radius 2 is 2.36 bits per heavy atom. The average molecular weight is 194 g/mol. The molecule has 5 heteroatoms. The number of hydrogen-bond acceptors (Lipinski definition) is 4. The Kier molecular flexibility index (Phi) is 2.22. The van der Waals surface area contributed by atoms with Gasteiger partial charge < -0.3 is 10.1 Å². The molecule has 0 amide bonds. The SMILES string of the molecule is O=[N+]([O-])c1ccc2c(c1)OCCCN2. The van der Waals surface area contributed by atoms with Crippen molar-refractivity contribution in [2.45, 2.75) is 6.42 Å². The molecule has 0 saturated heterocycles. The van der Waals surface area contributed by atoms with Crippen LogP contribution in [0.5, 0.6) is 5.75 Å². The molecule has 0 fully saturated rings. The van der Waals surface area contributed by atoms with Crippen LogP contribution in [0.4, 0.5) is 11.4 Å². The maximum Gasteiger partial charge on any atom is 0.273 e. The molecule has 0 unspecified atom stereocenters. The van der Waals surface area contributed by atoms with Crippen LogP contribution < -0.4 is 10.1 Å². The van der Waals surface area contributed by atoms with Crippen LogP contribution in [0, 0.1) is 10.1 Å². The highest BCUT2D eigenvalue weighted by atomic mass is 16.6. The van der Waals surface area contributed by atoms with Gasteiger partial charge in [0.25, 0.3) is 5.69 Å². The van der Waals surface area contributed by atoms with Gasteiger partial charge in [0.1, 0.15) is 5.75 Å². The van der Waals surface area contributed by atoms with Crippen LogP contribution >= 0.6 is 0 Å². The van der Waals surface area contributed by atoms with E-state index in [1.54, 1.807) is 6.07 Å². The van der Waals surface area contributed by atoms with Gasteiger partial charge in [0, 0.05) is 12.6 Å². The Bertz CT molecular complexity index is 365. The molecule has 14 heavy (non-hydrogen) atoms. The second-order valence-electron chi connectivity index (χ2n) is 3.07. The van der Waals surface area contributed by atoms with E-state index < -0.39 is 4.92 Å². The van der Waals surface area contributed by atoms with Gasteiger partial charge in [-0.1, -0.05) is 0 Å². The zero-order chi connectivity index (χ0) is 9.97. The van der Waals surface area contributed by atoms with E-state index in [0.717, 1.165) is 18.7 Å². The minimum Gasteiger partial charge on any atom is -0.491 e. The van der Waals surface area contributed by atoms with Gasteiger partial charge in [-0.25, -0.2) is 0 Å². The van der Waals surface area contributed by atoms with Crippen LogP contribution in [0.15, 0.2) is 18.2 Å². The number of hydrogen-bond donors (Lipinski definition) is 1. The van der Waals surface area contributed by atoms with Crippen molar-refractivity contribution in [2.24, 2.45) is 0 Å². The summed E-state index contributed by atoms with van der Waals surface area (Å²) in [6.45, 7) is 1.44. The van der Waals surface area contributed by atoms with Crippen molar-refractivity contribution >= 4 is 11.4 Å². The number of nitro groups is 1. The van der Waals surface area contributed by atoms with Gasteiger partial charge in [0.2, 0.25) is 0 Å².